The highest BCUT2D eigenvalue weighted by molar-refractivity contribution is 5.97. The molecule has 5 heteroatoms. The summed E-state index contributed by atoms with van der Waals surface area (Å²) in [6.45, 7) is 3.08. The van der Waals surface area contributed by atoms with Crippen molar-refractivity contribution in [1.82, 2.24) is 4.90 Å². The van der Waals surface area contributed by atoms with E-state index in [0.717, 1.165) is 6.42 Å². The van der Waals surface area contributed by atoms with Gasteiger partial charge in [0, 0.05) is 19.2 Å². The minimum atomic E-state index is -0.266. The highest BCUT2D eigenvalue weighted by atomic mass is 16.5. The third-order valence-electron chi connectivity index (χ3n) is 3.44. The Balaban J connectivity index is 2.11. The van der Waals surface area contributed by atoms with Crippen molar-refractivity contribution in [3.63, 3.8) is 0 Å². The highest BCUT2D eigenvalue weighted by Gasteiger charge is 2.41. The molecule has 1 saturated heterocycles. The Labute approximate surface area is 106 Å². The van der Waals surface area contributed by atoms with Crippen LogP contribution in [0, 0.1) is 0 Å². The maximum absolute atomic E-state index is 12.1. The molecule has 1 heterocycles. The molecule has 1 fully saturated rings. The predicted molar refractivity (Wildman–Crippen MR) is 67.8 cm³/mol. The number of hydrogen-bond acceptors (Lipinski definition) is 4. The number of phenolic OH excluding ortho intramolecular Hbond substituents is 1. The Morgan fingerprint density at radius 3 is 2.72 bits per heavy atom. The fourth-order valence-electron chi connectivity index (χ4n) is 2.07. The zero-order valence-corrected chi connectivity index (χ0v) is 10.6. The van der Waals surface area contributed by atoms with Gasteiger partial charge < -0.3 is 20.5 Å². The summed E-state index contributed by atoms with van der Waals surface area (Å²) in [5.41, 5.74) is 6.04. The number of phenols is 1. The molecule has 3 N–H and O–H groups in total. The van der Waals surface area contributed by atoms with Crippen LogP contribution in [0.5, 0.6) is 11.5 Å². The fourth-order valence-corrected chi connectivity index (χ4v) is 2.07. The monoisotopic (exact) mass is 250 g/mol. The minimum Gasteiger partial charge on any atom is -0.507 e. The molecule has 1 aromatic carbocycles. The molecule has 0 aromatic heterocycles. The summed E-state index contributed by atoms with van der Waals surface area (Å²) >= 11 is 0. The molecule has 5 nitrogen and oxygen atoms in total. The molecule has 0 bridgehead atoms. The molecule has 0 saturated carbocycles. The first-order chi connectivity index (χ1) is 8.49. The lowest BCUT2D eigenvalue weighted by Crippen LogP contribution is -2.68. The van der Waals surface area contributed by atoms with Crippen LogP contribution in [0.15, 0.2) is 18.2 Å². The average molecular weight is 250 g/mol. The van der Waals surface area contributed by atoms with Crippen LogP contribution in [0.2, 0.25) is 0 Å². The number of methoxy groups -OCH3 is 1. The lowest BCUT2D eigenvalue weighted by Gasteiger charge is -2.47. The Morgan fingerprint density at radius 1 is 1.56 bits per heavy atom. The van der Waals surface area contributed by atoms with Crippen LogP contribution in [0.25, 0.3) is 0 Å². The van der Waals surface area contributed by atoms with Gasteiger partial charge in [-0.25, -0.2) is 0 Å². The Morgan fingerprint density at radius 2 is 2.22 bits per heavy atom. The SMILES string of the molecule is CCC1(N)CN(C(=O)c2ccc(OC)cc2O)C1. The van der Waals surface area contributed by atoms with E-state index in [-0.39, 0.29) is 22.8 Å². The van der Waals surface area contributed by atoms with Crippen molar-refractivity contribution in [2.24, 2.45) is 5.73 Å². The number of hydrogen-bond donors (Lipinski definition) is 2. The first kappa shape index (κ1) is 12.7. The van der Waals surface area contributed by atoms with E-state index < -0.39 is 0 Å². The van der Waals surface area contributed by atoms with Crippen LogP contribution in [-0.2, 0) is 0 Å². The molecule has 1 aliphatic rings. The van der Waals surface area contributed by atoms with Crippen LogP contribution < -0.4 is 10.5 Å². The van der Waals surface area contributed by atoms with E-state index in [4.69, 9.17) is 10.5 Å². The van der Waals surface area contributed by atoms with Gasteiger partial charge in [-0.05, 0) is 18.6 Å². The summed E-state index contributed by atoms with van der Waals surface area (Å²) in [4.78, 5) is 13.8. The molecule has 0 unspecified atom stereocenters. The molecule has 18 heavy (non-hydrogen) atoms. The van der Waals surface area contributed by atoms with E-state index in [9.17, 15) is 9.90 Å². The summed E-state index contributed by atoms with van der Waals surface area (Å²) in [5.74, 6) is 0.268. The van der Waals surface area contributed by atoms with Gasteiger partial charge in [0.05, 0.1) is 18.2 Å². The van der Waals surface area contributed by atoms with Crippen LogP contribution in [-0.4, -0.2) is 41.7 Å². The second kappa shape index (κ2) is 4.49. The molecule has 0 spiro atoms. The molecular formula is C13H18N2O3. The highest BCUT2D eigenvalue weighted by Crippen LogP contribution is 2.28. The standard InChI is InChI=1S/C13H18N2O3/c1-3-13(14)7-15(8-13)12(17)10-5-4-9(18-2)6-11(10)16/h4-6,16H,3,7-8,14H2,1-2H3. The van der Waals surface area contributed by atoms with Crippen molar-refractivity contribution in [2.75, 3.05) is 20.2 Å². The van der Waals surface area contributed by atoms with Gasteiger partial charge in [0.1, 0.15) is 11.5 Å². The molecule has 2 rings (SSSR count). The van der Waals surface area contributed by atoms with E-state index in [1.807, 2.05) is 6.92 Å². The van der Waals surface area contributed by atoms with E-state index in [0.29, 0.717) is 18.8 Å². The molecule has 0 aliphatic carbocycles. The smallest absolute Gasteiger partial charge is 0.257 e. The number of carbonyl (C=O) groups excluding carboxylic acids is 1. The maximum atomic E-state index is 12.1. The van der Waals surface area contributed by atoms with Gasteiger partial charge in [0.15, 0.2) is 0 Å². The molecule has 1 amide bonds. The summed E-state index contributed by atoms with van der Waals surface area (Å²) in [5, 5.41) is 9.79. The van der Waals surface area contributed by atoms with Gasteiger partial charge in [-0.1, -0.05) is 6.92 Å². The predicted octanol–water partition coefficient (Wildman–Crippen LogP) is 0.964. The Bertz CT molecular complexity index is 467. The van der Waals surface area contributed by atoms with Crippen LogP contribution >= 0.6 is 0 Å². The van der Waals surface area contributed by atoms with Crippen LogP contribution in [0.3, 0.4) is 0 Å². The third-order valence-corrected chi connectivity index (χ3v) is 3.44. The second-order valence-corrected chi connectivity index (χ2v) is 4.76. The molecule has 0 radical (unpaired) electrons. The average Bonchev–Trinajstić information content (AvgIpc) is 2.34. The van der Waals surface area contributed by atoms with E-state index >= 15 is 0 Å². The largest absolute Gasteiger partial charge is 0.507 e. The van der Waals surface area contributed by atoms with Gasteiger partial charge in [-0.2, -0.15) is 0 Å². The van der Waals surface area contributed by atoms with Crippen LogP contribution in [0.1, 0.15) is 23.7 Å². The number of amides is 1. The Hall–Kier alpha value is -1.75. The molecule has 0 atom stereocenters. The first-order valence-electron chi connectivity index (χ1n) is 5.94. The van der Waals surface area contributed by atoms with Crippen molar-refractivity contribution in [2.45, 2.75) is 18.9 Å². The molecule has 1 aliphatic heterocycles. The van der Waals surface area contributed by atoms with E-state index in [1.54, 1.807) is 17.0 Å². The lowest BCUT2D eigenvalue weighted by molar-refractivity contribution is 0.0398. The van der Waals surface area contributed by atoms with Gasteiger partial charge >= 0.3 is 0 Å². The molecular weight excluding hydrogens is 232 g/mol. The zero-order valence-electron chi connectivity index (χ0n) is 10.6. The number of nitrogens with zero attached hydrogens (tertiary/aromatic N) is 1. The van der Waals surface area contributed by atoms with Crippen molar-refractivity contribution < 1.29 is 14.6 Å². The van der Waals surface area contributed by atoms with E-state index in [2.05, 4.69) is 0 Å². The van der Waals surface area contributed by atoms with Gasteiger partial charge in [-0.3, -0.25) is 4.79 Å². The summed E-state index contributed by atoms with van der Waals surface area (Å²) < 4.78 is 4.98. The number of aromatic hydroxyl groups is 1. The molecule has 98 valence electrons. The van der Waals surface area contributed by atoms with Crippen molar-refractivity contribution in [3.05, 3.63) is 23.8 Å². The summed E-state index contributed by atoms with van der Waals surface area (Å²) in [6, 6.07) is 4.66. The Kier molecular flexibility index (Phi) is 3.17. The van der Waals surface area contributed by atoms with E-state index in [1.165, 1.54) is 13.2 Å². The maximum Gasteiger partial charge on any atom is 0.257 e. The summed E-state index contributed by atoms with van der Waals surface area (Å²) in [7, 11) is 1.51. The second-order valence-electron chi connectivity index (χ2n) is 4.76. The van der Waals surface area contributed by atoms with Gasteiger partial charge in [-0.15, -0.1) is 0 Å². The minimum absolute atomic E-state index is 0.0645. The number of carbonyl (C=O) groups is 1. The van der Waals surface area contributed by atoms with Crippen molar-refractivity contribution in [1.29, 1.82) is 0 Å². The normalized spacial score (nSPS) is 17.2. The summed E-state index contributed by atoms with van der Waals surface area (Å²) in [6.07, 6.45) is 0.839. The first-order valence-corrected chi connectivity index (χ1v) is 5.94. The zero-order chi connectivity index (χ0) is 13.3. The van der Waals surface area contributed by atoms with Gasteiger partial charge in [0.2, 0.25) is 0 Å². The number of nitrogens with two attached hydrogens (primary N) is 1. The fraction of sp³-hybridized carbons (Fsp3) is 0.462. The topological polar surface area (TPSA) is 75.8 Å². The number of benzene rings is 1. The van der Waals surface area contributed by atoms with Crippen molar-refractivity contribution >= 4 is 5.91 Å². The number of rotatable bonds is 3. The van der Waals surface area contributed by atoms with Crippen LogP contribution in [0.4, 0.5) is 0 Å². The van der Waals surface area contributed by atoms with Crippen molar-refractivity contribution in [3.8, 4) is 11.5 Å². The number of ether oxygens (including phenoxy) is 1. The number of likely N-dealkylation sites (tertiary alicyclic amines) is 1. The third kappa shape index (κ3) is 2.13. The lowest BCUT2D eigenvalue weighted by atomic mass is 9.87. The quantitative estimate of drug-likeness (QED) is 0.838. The van der Waals surface area contributed by atoms with Gasteiger partial charge in [0.25, 0.3) is 5.91 Å². The molecule has 1 aromatic rings.